The van der Waals surface area contributed by atoms with Crippen molar-refractivity contribution in [3.63, 3.8) is 0 Å². The molecule has 0 heterocycles. The van der Waals surface area contributed by atoms with Crippen LogP contribution in [0, 0.1) is 0 Å². The van der Waals surface area contributed by atoms with Gasteiger partial charge in [-0.3, -0.25) is 0 Å². The Morgan fingerprint density at radius 1 is 1.07 bits per heavy atom. The maximum Gasteiger partial charge on any atom is 0.573 e. The number of aliphatic imine (C=N–C) groups is 1. The van der Waals surface area contributed by atoms with Crippen LogP contribution in [-0.2, 0) is 11.3 Å². The van der Waals surface area contributed by atoms with Crippen molar-refractivity contribution in [3.8, 4) is 5.75 Å². The molecule has 0 radical (unpaired) electrons. The Bertz CT molecular complexity index is 596. The number of rotatable bonds is 9. The summed E-state index contributed by atoms with van der Waals surface area (Å²) in [7, 11) is 0. The van der Waals surface area contributed by atoms with Crippen LogP contribution < -0.4 is 15.4 Å². The van der Waals surface area contributed by atoms with Crippen LogP contribution in [0.2, 0.25) is 0 Å². The van der Waals surface area contributed by atoms with E-state index < -0.39 is 19.1 Å². The molecule has 0 aliphatic heterocycles. The molecule has 1 aromatic rings. The summed E-state index contributed by atoms with van der Waals surface area (Å²) in [5.74, 6) is -0.0275. The molecular weight excluding hydrogens is 507 g/mol. The fourth-order valence-corrected chi connectivity index (χ4v) is 1.93. The second-order valence-corrected chi connectivity index (χ2v) is 5.30. The van der Waals surface area contributed by atoms with Gasteiger partial charge in [0, 0.05) is 25.3 Å². The van der Waals surface area contributed by atoms with Gasteiger partial charge in [0.05, 0.1) is 6.54 Å². The van der Waals surface area contributed by atoms with E-state index in [4.69, 9.17) is 0 Å². The molecule has 162 valence electrons. The predicted octanol–water partition coefficient (Wildman–Crippen LogP) is 4.23. The second-order valence-electron chi connectivity index (χ2n) is 5.30. The Kier molecular flexibility index (Phi) is 12.2. The zero-order chi connectivity index (χ0) is 20.3. The van der Waals surface area contributed by atoms with E-state index in [1.54, 1.807) is 13.0 Å². The van der Waals surface area contributed by atoms with E-state index in [0.29, 0.717) is 18.9 Å². The summed E-state index contributed by atoms with van der Waals surface area (Å²) in [4.78, 5) is 4.16. The first-order valence-electron chi connectivity index (χ1n) is 8.11. The first kappa shape index (κ1) is 26.6. The zero-order valence-corrected chi connectivity index (χ0v) is 17.3. The molecule has 0 spiro atoms. The monoisotopic (exact) mass is 529 g/mol. The number of guanidine groups is 1. The minimum absolute atomic E-state index is 0. The van der Waals surface area contributed by atoms with Crippen LogP contribution in [-0.4, -0.2) is 44.8 Å². The van der Waals surface area contributed by atoms with E-state index in [1.165, 1.54) is 18.2 Å². The maximum atomic E-state index is 12.4. The minimum atomic E-state index is -4.81. The molecule has 0 atom stereocenters. The van der Waals surface area contributed by atoms with E-state index in [9.17, 15) is 26.3 Å². The van der Waals surface area contributed by atoms with Gasteiger partial charge < -0.3 is 20.1 Å². The van der Waals surface area contributed by atoms with Gasteiger partial charge in [-0.25, -0.2) is 4.99 Å². The lowest BCUT2D eigenvalue weighted by molar-refractivity contribution is -0.274. The van der Waals surface area contributed by atoms with Crippen molar-refractivity contribution in [2.24, 2.45) is 4.99 Å². The number of hydrogen-bond donors (Lipinski definition) is 2. The average molecular weight is 529 g/mol. The van der Waals surface area contributed by atoms with E-state index in [2.05, 4.69) is 25.1 Å². The summed E-state index contributed by atoms with van der Waals surface area (Å²) < 4.78 is 81.5. The van der Waals surface area contributed by atoms with E-state index in [0.717, 1.165) is 0 Å². The summed E-state index contributed by atoms with van der Waals surface area (Å²) in [6, 6.07) is 5.63. The third-order valence-corrected chi connectivity index (χ3v) is 2.97. The van der Waals surface area contributed by atoms with Gasteiger partial charge in [0.25, 0.3) is 0 Å². The smallest absolute Gasteiger partial charge is 0.405 e. The van der Waals surface area contributed by atoms with Crippen LogP contribution in [0.3, 0.4) is 0 Å². The molecular formula is C16H22F6IN3O2. The SMILES string of the molecule is CCNC(=NCc1ccccc1OC(F)(F)F)NCCCOCC(F)(F)F.I. The quantitative estimate of drug-likeness (QED) is 0.166. The normalized spacial score (nSPS) is 12.3. The molecule has 12 heteroatoms. The van der Waals surface area contributed by atoms with E-state index in [1.807, 2.05) is 0 Å². The lowest BCUT2D eigenvalue weighted by Crippen LogP contribution is -2.38. The van der Waals surface area contributed by atoms with Gasteiger partial charge >= 0.3 is 12.5 Å². The Morgan fingerprint density at radius 2 is 1.75 bits per heavy atom. The largest absolute Gasteiger partial charge is 0.573 e. The summed E-state index contributed by atoms with van der Waals surface area (Å²) in [6.07, 6.45) is -8.87. The highest BCUT2D eigenvalue weighted by Gasteiger charge is 2.32. The number of halogens is 7. The summed E-state index contributed by atoms with van der Waals surface area (Å²) in [5.41, 5.74) is 0.237. The van der Waals surface area contributed by atoms with Crippen molar-refractivity contribution >= 4 is 29.9 Å². The molecule has 0 bridgehead atoms. The number of ether oxygens (including phenoxy) is 2. The van der Waals surface area contributed by atoms with Crippen molar-refractivity contribution in [1.82, 2.24) is 10.6 Å². The van der Waals surface area contributed by atoms with E-state index in [-0.39, 0.29) is 55.0 Å². The molecule has 0 aliphatic rings. The first-order chi connectivity index (χ1) is 12.6. The van der Waals surface area contributed by atoms with Gasteiger partial charge in [0.2, 0.25) is 0 Å². The fourth-order valence-electron chi connectivity index (χ4n) is 1.93. The Balaban J connectivity index is 0.00000729. The summed E-state index contributed by atoms with van der Waals surface area (Å²) in [6.45, 7) is 1.10. The van der Waals surface area contributed by atoms with Crippen LogP contribution in [0.25, 0.3) is 0 Å². The van der Waals surface area contributed by atoms with Crippen LogP contribution >= 0.6 is 24.0 Å². The highest BCUT2D eigenvalue weighted by atomic mass is 127. The average Bonchev–Trinajstić information content (AvgIpc) is 2.54. The second kappa shape index (κ2) is 12.9. The summed E-state index contributed by atoms with van der Waals surface area (Å²) in [5, 5.41) is 5.76. The van der Waals surface area contributed by atoms with Gasteiger partial charge in [0.15, 0.2) is 5.96 Å². The number of benzene rings is 1. The van der Waals surface area contributed by atoms with Gasteiger partial charge in [-0.05, 0) is 19.4 Å². The molecule has 1 rings (SSSR count). The molecule has 28 heavy (non-hydrogen) atoms. The molecule has 0 saturated carbocycles. The number of para-hydroxylation sites is 1. The van der Waals surface area contributed by atoms with Crippen LogP contribution in [0.5, 0.6) is 5.75 Å². The van der Waals surface area contributed by atoms with Crippen molar-refractivity contribution in [2.75, 3.05) is 26.3 Å². The fraction of sp³-hybridized carbons (Fsp3) is 0.562. The predicted molar refractivity (Wildman–Crippen MR) is 103 cm³/mol. The molecule has 0 fully saturated rings. The molecule has 0 aliphatic carbocycles. The number of nitrogens with one attached hydrogen (secondary N) is 2. The molecule has 5 nitrogen and oxygen atoms in total. The number of hydrogen-bond acceptors (Lipinski definition) is 3. The standard InChI is InChI=1S/C16H21F6N3O2.HI/c1-2-23-14(24-8-5-9-26-11-15(17,18)19)25-10-12-6-3-4-7-13(12)27-16(20,21)22;/h3-4,6-7H,2,5,8-11H2,1H3,(H2,23,24,25);1H. The first-order valence-corrected chi connectivity index (χ1v) is 8.11. The van der Waals surface area contributed by atoms with Crippen LogP contribution in [0.4, 0.5) is 26.3 Å². The number of alkyl halides is 6. The van der Waals surface area contributed by atoms with Gasteiger partial charge in [0.1, 0.15) is 12.4 Å². The molecule has 1 aromatic carbocycles. The van der Waals surface area contributed by atoms with Crippen molar-refractivity contribution in [3.05, 3.63) is 29.8 Å². The lowest BCUT2D eigenvalue weighted by atomic mass is 10.2. The molecule has 0 unspecified atom stereocenters. The zero-order valence-electron chi connectivity index (χ0n) is 15.0. The molecule has 0 amide bonds. The maximum absolute atomic E-state index is 12.4. The van der Waals surface area contributed by atoms with Crippen LogP contribution in [0.15, 0.2) is 29.3 Å². The third-order valence-electron chi connectivity index (χ3n) is 2.97. The van der Waals surface area contributed by atoms with Gasteiger partial charge in [-0.2, -0.15) is 13.2 Å². The highest BCUT2D eigenvalue weighted by Crippen LogP contribution is 2.26. The van der Waals surface area contributed by atoms with Crippen molar-refractivity contribution in [1.29, 1.82) is 0 Å². The summed E-state index contributed by atoms with van der Waals surface area (Å²) >= 11 is 0. The molecule has 0 saturated heterocycles. The van der Waals surface area contributed by atoms with Gasteiger partial charge in [-0.15, -0.1) is 37.1 Å². The Labute approximate surface area is 175 Å². The molecule has 2 N–H and O–H groups in total. The van der Waals surface area contributed by atoms with E-state index >= 15 is 0 Å². The minimum Gasteiger partial charge on any atom is -0.405 e. The van der Waals surface area contributed by atoms with Crippen LogP contribution in [0.1, 0.15) is 18.9 Å². The topological polar surface area (TPSA) is 54.9 Å². The third kappa shape index (κ3) is 12.9. The van der Waals surface area contributed by atoms with Gasteiger partial charge in [-0.1, -0.05) is 18.2 Å². The molecule has 0 aromatic heterocycles. The highest BCUT2D eigenvalue weighted by molar-refractivity contribution is 14.0. The number of nitrogens with zero attached hydrogens (tertiary/aromatic N) is 1. The Hall–Kier alpha value is -1.44. The Morgan fingerprint density at radius 3 is 2.36 bits per heavy atom. The van der Waals surface area contributed by atoms with Crippen molar-refractivity contribution in [2.45, 2.75) is 32.4 Å². The lowest BCUT2D eigenvalue weighted by Gasteiger charge is -2.14. The van der Waals surface area contributed by atoms with Crippen molar-refractivity contribution < 1.29 is 35.8 Å².